The summed E-state index contributed by atoms with van der Waals surface area (Å²) in [5.41, 5.74) is 3.41. The van der Waals surface area contributed by atoms with Crippen molar-refractivity contribution in [1.82, 2.24) is 20.4 Å². The van der Waals surface area contributed by atoms with Crippen molar-refractivity contribution >= 4 is 11.5 Å². The van der Waals surface area contributed by atoms with E-state index >= 15 is 0 Å². The molecule has 0 aliphatic rings. The van der Waals surface area contributed by atoms with Gasteiger partial charge in [0.25, 0.3) is 5.89 Å². The van der Waals surface area contributed by atoms with Gasteiger partial charge in [-0.25, -0.2) is 4.39 Å². The maximum absolute atomic E-state index is 13.1. The van der Waals surface area contributed by atoms with Crippen molar-refractivity contribution < 1.29 is 18.3 Å². The van der Waals surface area contributed by atoms with E-state index in [9.17, 15) is 4.39 Å². The maximum Gasteiger partial charge on any atom is 0.268 e. The Balaban J connectivity index is 1.31. The molecule has 10 heteroatoms. The van der Waals surface area contributed by atoms with Gasteiger partial charge in [-0.3, -0.25) is 0 Å². The van der Waals surface area contributed by atoms with Crippen LogP contribution in [-0.2, 0) is 19.6 Å². The van der Waals surface area contributed by atoms with Gasteiger partial charge in [-0.05, 0) is 71.8 Å². The molecule has 0 radical (unpaired) electrons. The Hall–Kier alpha value is -4.99. The Labute approximate surface area is 225 Å². The zero-order chi connectivity index (χ0) is 27.0. The molecule has 3 aromatic carbocycles. The molecule has 1 N–H and O–H groups in total. The Morgan fingerprint density at radius 1 is 0.718 bits per heavy atom. The minimum atomic E-state index is -0.297. The molecule has 5 aromatic rings. The van der Waals surface area contributed by atoms with Gasteiger partial charge in [0.2, 0.25) is 5.89 Å². The number of benzene rings is 3. The second-order valence-electron chi connectivity index (χ2n) is 8.69. The van der Waals surface area contributed by atoms with Gasteiger partial charge in [-0.2, -0.15) is 0 Å². The van der Waals surface area contributed by atoms with Crippen molar-refractivity contribution in [2.75, 3.05) is 24.4 Å². The van der Waals surface area contributed by atoms with Gasteiger partial charge in [0.1, 0.15) is 23.0 Å². The summed E-state index contributed by atoms with van der Waals surface area (Å²) in [5.74, 6) is 2.65. The molecule has 0 bridgehead atoms. The zero-order valence-corrected chi connectivity index (χ0v) is 21.5. The smallest absolute Gasteiger partial charge is 0.268 e. The van der Waals surface area contributed by atoms with E-state index in [1.54, 1.807) is 26.4 Å². The van der Waals surface area contributed by atoms with E-state index in [0.717, 1.165) is 28.3 Å². The quantitative estimate of drug-likeness (QED) is 0.239. The van der Waals surface area contributed by atoms with Crippen molar-refractivity contribution in [3.8, 4) is 23.1 Å². The molecule has 0 aliphatic heterocycles. The van der Waals surface area contributed by atoms with Crippen molar-refractivity contribution in [1.29, 1.82) is 0 Å². The van der Waals surface area contributed by atoms with E-state index in [-0.39, 0.29) is 11.7 Å². The third-order valence-electron chi connectivity index (χ3n) is 6.01. The fourth-order valence-electron chi connectivity index (χ4n) is 3.90. The van der Waals surface area contributed by atoms with Crippen LogP contribution in [0.4, 0.5) is 15.9 Å². The predicted octanol–water partition coefficient (Wildman–Crippen LogP) is 5.50. The van der Waals surface area contributed by atoms with Crippen LogP contribution in [0.2, 0.25) is 0 Å². The number of nitrogens with zero attached hydrogens (tertiary/aromatic N) is 5. The van der Waals surface area contributed by atoms with Crippen LogP contribution >= 0.6 is 0 Å². The fraction of sp³-hybridized carbons (Fsp3) is 0.172. The molecule has 198 valence electrons. The van der Waals surface area contributed by atoms with Gasteiger partial charge in [0, 0.05) is 18.8 Å². The van der Waals surface area contributed by atoms with E-state index in [4.69, 9.17) is 13.9 Å². The minimum Gasteiger partial charge on any atom is -0.497 e. The number of hydrogen-bond acceptors (Lipinski definition) is 9. The molecule has 9 nitrogen and oxygen atoms in total. The molecule has 0 saturated carbocycles. The van der Waals surface area contributed by atoms with Crippen LogP contribution in [0.1, 0.15) is 17.0 Å². The van der Waals surface area contributed by atoms with Crippen LogP contribution in [0.3, 0.4) is 0 Å². The monoisotopic (exact) mass is 526 g/mol. The van der Waals surface area contributed by atoms with Gasteiger partial charge >= 0.3 is 0 Å². The molecule has 2 heterocycles. The Kier molecular flexibility index (Phi) is 7.92. The highest BCUT2D eigenvalue weighted by molar-refractivity contribution is 5.50. The standard InChI is InChI=1S/C29H27FN6O3/c1-37-24-11-3-20(4-12-24)18-36(19-21-5-13-25(38-2)14-6-21)27-16-15-26(32-33-27)29-35-34-28(39-29)17-31-23-9-7-22(30)8-10-23/h3-16,31H,17-19H2,1-2H3. The van der Waals surface area contributed by atoms with Crippen LogP contribution in [-0.4, -0.2) is 34.6 Å². The maximum atomic E-state index is 13.1. The lowest BCUT2D eigenvalue weighted by Gasteiger charge is -2.24. The van der Waals surface area contributed by atoms with E-state index < -0.39 is 0 Å². The normalized spacial score (nSPS) is 10.7. The molecule has 39 heavy (non-hydrogen) atoms. The van der Waals surface area contributed by atoms with Crippen LogP contribution in [0.25, 0.3) is 11.6 Å². The summed E-state index contributed by atoms with van der Waals surface area (Å²) in [6, 6.07) is 25.6. The van der Waals surface area contributed by atoms with E-state index in [1.165, 1.54) is 12.1 Å². The first-order valence-electron chi connectivity index (χ1n) is 12.3. The highest BCUT2D eigenvalue weighted by Gasteiger charge is 2.15. The molecular weight excluding hydrogens is 499 g/mol. The lowest BCUT2D eigenvalue weighted by molar-refractivity contribution is 0.414. The first kappa shape index (κ1) is 25.7. The molecular formula is C29H27FN6O3. The Morgan fingerprint density at radius 3 is 1.87 bits per heavy atom. The van der Waals surface area contributed by atoms with Crippen LogP contribution in [0, 0.1) is 5.82 Å². The highest BCUT2D eigenvalue weighted by Crippen LogP contribution is 2.23. The lowest BCUT2D eigenvalue weighted by atomic mass is 10.1. The molecule has 5 rings (SSSR count). The van der Waals surface area contributed by atoms with Gasteiger partial charge in [-0.1, -0.05) is 24.3 Å². The van der Waals surface area contributed by atoms with Crippen molar-refractivity contribution in [2.45, 2.75) is 19.6 Å². The molecule has 0 aliphatic carbocycles. The summed E-state index contributed by atoms with van der Waals surface area (Å²) in [5, 5.41) is 20.1. The first-order chi connectivity index (χ1) is 19.1. The summed E-state index contributed by atoms with van der Waals surface area (Å²) >= 11 is 0. The number of anilines is 2. The summed E-state index contributed by atoms with van der Waals surface area (Å²) in [7, 11) is 3.30. The summed E-state index contributed by atoms with van der Waals surface area (Å²) in [6.07, 6.45) is 0. The van der Waals surface area contributed by atoms with Gasteiger partial charge in [-0.15, -0.1) is 20.4 Å². The van der Waals surface area contributed by atoms with Gasteiger partial charge in [0.05, 0.1) is 20.8 Å². The highest BCUT2D eigenvalue weighted by atomic mass is 19.1. The van der Waals surface area contributed by atoms with E-state index in [2.05, 4.69) is 30.6 Å². The second-order valence-corrected chi connectivity index (χ2v) is 8.69. The molecule has 0 saturated heterocycles. The van der Waals surface area contributed by atoms with E-state index in [1.807, 2.05) is 60.7 Å². The van der Waals surface area contributed by atoms with Crippen LogP contribution in [0.15, 0.2) is 89.3 Å². The van der Waals surface area contributed by atoms with Gasteiger partial charge < -0.3 is 24.1 Å². The molecule has 0 amide bonds. The van der Waals surface area contributed by atoms with Gasteiger partial charge in [0.15, 0.2) is 5.82 Å². The number of nitrogens with one attached hydrogen (secondary N) is 1. The van der Waals surface area contributed by atoms with Crippen LogP contribution < -0.4 is 19.7 Å². The van der Waals surface area contributed by atoms with Crippen molar-refractivity contribution in [3.63, 3.8) is 0 Å². The number of halogens is 1. The number of methoxy groups -OCH3 is 2. The molecule has 0 atom stereocenters. The second kappa shape index (κ2) is 12.0. The number of hydrogen-bond donors (Lipinski definition) is 1. The molecule has 0 spiro atoms. The largest absolute Gasteiger partial charge is 0.497 e. The topological polar surface area (TPSA) is 98.4 Å². The summed E-state index contributed by atoms with van der Waals surface area (Å²) in [6.45, 7) is 1.52. The SMILES string of the molecule is COc1ccc(CN(Cc2ccc(OC)cc2)c2ccc(-c3nnc(CNc4ccc(F)cc4)o3)nn2)cc1. The molecule has 0 fully saturated rings. The third kappa shape index (κ3) is 6.67. The first-order valence-corrected chi connectivity index (χ1v) is 12.3. The Bertz CT molecular complexity index is 1420. The third-order valence-corrected chi connectivity index (χ3v) is 6.01. The average Bonchev–Trinajstić information content (AvgIpc) is 3.46. The Morgan fingerprint density at radius 2 is 1.33 bits per heavy atom. The number of ether oxygens (including phenoxy) is 2. The zero-order valence-electron chi connectivity index (χ0n) is 21.5. The molecule has 0 unspecified atom stereocenters. The average molecular weight is 527 g/mol. The fourth-order valence-corrected chi connectivity index (χ4v) is 3.90. The van der Waals surface area contributed by atoms with E-state index in [0.29, 0.717) is 37.0 Å². The predicted molar refractivity (Wildman–Crippen MR) is 145 cm³/mol. The molecule has 2 aromatic heterocycles. The summed E-state index contributed by atoms with van der Waals surface area (Å²) in [4.78, 5) is 2.13. The number of aromatic nitrogens is 4. The van der Waals surface area contributed by atoms with Crippen molar-refractivity contribution in [2.24, 2.45) is 0 Å². The summed E-state index contributed by atoms with van der Waals surface area (Å²) < 4.78 is 29.4. The lowest BCUT2D eigenvalue weighted by Crippen LogP contribution is -2.23. The minimum absolute atomic E-state index is 0.266. The van der Waals surface area contributed by atoms with Crippen molar-refractivity contribution in [3.05, 3.63) is 108 Å². The van der Waals surface area contributed by atoms with Crippen LogP contribution in [0.5, 0.6) is 11.5 Å². The number of rotatable bonds is 11.